The maximum atomic E-state index is 6.08. The molecule has 20 heavy (non-hydrogen) atoms. The van der Waals surface area contributed by atoms with Crippen LogP contribution in [0.25, 0.3) is 5.70 Å². The Labute approximate surface area is 124 Å². The highest BCUT2D eigenvalue weighted by Gasteiger charge is 2.34. The van der Waals surface area contributed by atoms with Crippen molar-refractivity contribution in [1.29, 1.82) is 0 Å². The van der Waals surface area contributed by atoms with Crippen LogP contribution in [0.1, 0.15) is 18.9 Å². The highest BCUT2D eigenvalue weighted by Crippen LogP contribution is 2.34. The van der Waals surface area contributed by atoms with Gasteiger partial charge in [0, 0.05) is 28.8 Å². The van der Waals surface area contributed by atoms with Gasteiger partial charge in [0.2, 0.25) is 0 Å². The molecule has 2 rings (SSSR count). The number of hydrogen-bond acceptors (Lipinski definition) is 3. The molecule has 0 aromatic heterocycles. The van der Waals surface area contributed by atoms with Crippen LogP contribution in [0.15, 0.2) is 41.4 Å². The van der Waals surface area contributed by atoms with Gasteiger partial charge in [0.25, 0.3) is 0 Å². The molecule has 0 radical (unpaired) electrons. The predicted octanol–water partition coefficient (Wildman–Crippen LogP) is 3.68. The summed E-state index contributed by atoms with van der Waals surface area (Å²) in [5.41, 5.74) is 8.53. The van der Waals surface area contributed by atoms with Crippen LogP contribution in [0.4, 0.5) is 0 Å². The molecule has 3 nitrogen and oxygen atoms in total. The fourth-order valence-electron chi connectivity index (χ4n) is 2.03. The van der Waals surface area contributed by atoms with E-state index in [-0.39, 0.29) is 6.04 Å². The summed E-state index contributed by atoms with van der Waals surface area (Å²) in [5.74, 6) is 1.09. The molecule has 1 fully saturated rings. The zero-order valence-corrected chi connectivity index (χ0v) is 12.5. The Bertz CT molecular complexity index is 578. The summed E-state index contributed by atoms with van der Waals surface area (Å²) in [6, 6.07) is 5.78. The summed E-state index contributed by atoms with van der Waals surface area (Å²) in [7, 11) is 1.62. The molecule has 0 saturated heterocycles. The van der Waals surface area contributed by atoms with Crippen LogP contribution >= 0.6 is 11.6 Å². The van der Waals surface area contributed by atoms with Crippen LogP contribution in [0.3, 0.4) is 0 Å². The zero-order chi connectivity index (χ0) is 14.7. The van der Waals surface area contributed by atoms with Crippen molar-refractivity contribution >= 4 is 23.5 Å². The standard InChI is InChI=1S/C16H19ClN2O/c1-4-16(19-9-10(2)14-8-15(14)18)11-5-12(17)7-13(6-11)20-3/h4-7,9,14-15H,2,8,18H2,1,3H3/b16-4-,19-9-/t14-,15+/m1/s1. The molecule has 4 heteroatoms. The second kappa shape index (κ2) is 6.25. The van der Waals surface area contributed by atoms with E-state index < -0.39 is 0 Å². The monoisotopic (exact) mass is 290 g/mol. The first-order valence-electron chi connectivity index (χ1n) is 6.55. The molecule has 1 aromatic rings. The van der Waals surface area contributed by atoms with E-state index in [1.54, 1.807) is 19.4 Å². The lowest BCUT2D eigenvalue weighted by Gasteiger charge is -2.06. The molecule has 1 saturated carbocycles. The normalized spacial score (nSPS) is 22.1. The fourth-order valence-corrected chi connectivity index (χ4v) is 2.26. The van der Waals surface area contributed by atoms with Crippen molar-refractivity contribution in [1.82, 2.24) is 0 Å². The van der Waals surface area contributed by atoms with E-state index in [0.29, 0.717) is 16.7 Å². The number of aliphatic imine (C=N–C) groups is 1. The fraction of sp³-hybridized carbons (Fsp3) is 0.312. The van der Waals surface area contributed by atoms with Crippen LogP contribution in [0.5, 0.6) is 5.75 Å². The van der Waals surface area contributed by atoms with Crippen molar-refractivity contribution in [2.24, 2.45) is 16.6 Å². The van der Waals surface area contributed by atoms with E-state index in [1.165, 1.54) is 0 Å². The first kappa shape index (κ1) is 14.8. The molecule has 0 bridgehead atoms. The maximum absolute atomic E-state index is 6.08. The van der Waals surface area contributed by atoms with E-state index in [2.05, 4.69) is 11.6 Å². The number of nitrogens with zero attached hydrogens (tertiary/aromatic N) is 1. The van der Waals surface area contributed by atoms with Gasteiger partial charge >= 0.3 is 0 Å². The highest BCUT2D eigenvalue weighted by molar-refractivity contribution is 6.30. The lowest BCUT2D eigenvalue weighted by Crippen LogP contribution is -2.03. The van der Waals surface area contributed by atoms with Crippen molar-refractivity contribution in [3.8, 4) is 5.75 Å². The Morgan fingerprint density at radius 1 is 1.50 bits per heavy atom. The summed E-state index contributed by atoms with van der Waals surface area (Å²) < 4.78 is 5.22. The first-order chi connectivity index (χ1) is 9.55. The van der Waals surface area contributed by atoms with Gasteiger partial charge in [0.05, 0.1) is 12.8 Å². The van der Waals surface area contributed by atoms with Crippen molar-refractivity contribution in [3.63, 3.8) is 0 Å². The van der Waals surface area contributed by atoms with Crippen LogP contribution in [-0.4, -0.2) is 19.4 Å². The molecule has 0 heterocycles. The van der Waals surface area contributed by atoms with Crippen LogP contribution in [0, 0.1) is 5.92 Å². The molecule has 1 aliphatic carbocycles. The molecule has 1 aliphatic rings. The van der Waals surface area contributed by atoms with Gasteiger partial charge in [-0.1, -0.05) is 24.3 Å². The Hall–Kier alpha value is -1.58. The molecule has 2 atom stereocenters. The van der Waals surface area contributed by atoms with Gasteiger partial charge in [-0.25, -0.2) is 0 Å². The molecular formula is C16H19ClN2O. The molecule has 2 N–H and O–H groups in total. The Balaban J connectivity index is 2.18. The average molecular weight is 291 g/mol. The number of hydrogen-bond donors (Lipinski definition) is 1. The van der Waals surface area contributed by atoms with E-state index in [9.17, 15) is 0 Å². The number of nitrogens with two attached hydrogens (primary N) is 1. The number of allylic oxidation sites excluding steroid dienone is 1. The number of ether oxygens (including phenoxy) is 1. The number of methoxy groups -OCH3 is 1. The van der Waals surface area contributed by atoms with Crippen molar-refractivity contribution in [2.45, 2.75) is 19.4 Å². The third-order valence-corrected chi connectivity index (χ3v) is 3.58. The third-order valence-electron chi connectivity index (χ3n) is 3.36. The molecule has 0 amide bonds. The van der Waals surface area contributed by atoms with Gasteiger partial charge in [-0.05, 0) is 37.1 Å². The van der Waals surface area contributed by atoms with Gasteiger partial charge < -0.3 is 10.5 Å². The molecular weight excluding hydrogens is 272 g/mol. The summed E-state index contributed by atoms with van der Waals surface area (Å²) in [6.07, 6.45) is 4.73. The minimum atomic E-state index is 0.245. The molecule has 106 valence electrons. The van der Waals surface area contributed by atoms with Gasteiger partial charge in [-0.3, -0.25) is 4.99 Å². The summed E-state index contributed by atoms with van der Waals surface area (Å²) in [4.78, 5) is 4.49. The quantitative estimate of drug-likeness (QED) is 0.841. The Kier molecular flexibility index (Phi) is 4.63. The summed E-state index contributed by atoms with van der Waals surface area (Å²) >= 11 is 6.08. The molecule has 1 aromatic carbocycles. The minimum Gasteiger partial charge on any atom is -0.497 e. The SMILES string of the molecule is C=C(/C=N\C(=C/C)c1cc(Cl)cc(OC)c1)[C@H]1C[C@@H]1N. The van der Waals surface area contributed by atoms with Crippen molar-refractivity contribution in [3.05, 3.63) is 47.0 Å². The largest absolute Gasteiger partial charge is 0.497 e. The lowest BCUT2D eigenvalue weighted by atomic mass is 10.1. The van der Waals surface area contributed by atoms with Crippen molar-refractivity contribution < 1.29 is 4.74 Å². The minimum absolute atomic E-state index is 0.245. The maximum Gasteiger partial charge on any atom is 0.121 e. The highest BCUT2D eigenvalue weighted by atomic mass is 35.5. The average Bonchev–Trinajstić information content (AvgIpc) is 3.15. The lowest BCUT2D eigenvalue weighted by molar-refractivity contribution is 0.414. The van der Waals surface area contributed by atoms with Crippen molar-refractivity contribution in [2.75, 3.05) is 7.11 Å². The topological polar surface area (TPSA) is 47.6 Å². The molecule has 0 unspecified atom stereocenters. The van der Waals surface area contributed by atoms with E-state index in [0.717, 1.165) is 23.3 Å². The van der Waals surface area contributed by atoms with Gasteiger partial charge in [-0.15, -0.1) is 0 Å². The zero-order valence-electron chi connectivity index (χ0n) is 11.8. The van der Waals surface area contributed by atoms with Gasteiger partial charge in [0.1, 0.15) is 5.75 Å². The van der Waals surface area contributed by atoms with Crippen LogP contribution in [-0.2, 0) is 0 Å². The van der Waals surface area contributed by atoms with E-state index >= 15 is 0 Å². The molecule has 0 aliphatic heterocycles. The first-order valence-corrected chi connectivity index (χ1v) is 6.92. The number of halogens is 1. The van der Waals surface area contributed by atoms with Gasteiger partial charge in [0.15, 0.2) is 0 Å². The third kappa shape index (κ3) is 3.50. The predicted molar refractivity (Wildman–Crippen MR) is 85.4 cm³/mol. The summed E-state index contributed by atoms with van der Waals surface area (Å²) in [6.45, 7) is 5.95. The number of rotatable bonds is 5. The second-order valence-electron chi connectivity index (χ2n) is 4.89. The summed E-state index contributed by atoms with van der Waals surface area (Å²) in [5, 5.41) is 0.622. The smallest absolute Gasteiger partial charge is 0.121 e. The van der Waals surface area contributed by atoms with E-state index in [4.69, 9.17) is 22.1 Å². The Morgan fingerprint density at radius 3 is 2.75 bits per heavy atom. The van der Waals surface area contributed by atoms with Crippen LogP contribution < -0.4 is 10.5 Å². The second-order valence-corrected chi connectivity index (χ2v) is 5.33. The Morgan fingerprint density at radius 2 is 2.20 bits per heavy atom. The molecule has 0 spiro atoms. The number of benzene rings is 1. The van der Waals surface area contributed by atoms with Gasteiger partial charge in [-0.2, -0.15) is 0 Å². The van der Waals surface area contributed by atoms with Crippen LogP contribution in [0.2, 0.25) is 5.02 Å². The van der Waals surface area contributed by atoms with E-state index in [1.807, 2.05) is 25.1 Å².